The summed E-state index contributed by atoms with van der Waals surface area (Å²) in [5.74, 6) is -0.676. The van der Waals surface area contributed by atoms with Gasteiger partial charge >= 0.3 is 6.18 Å². The first-order valence-corrected chi connectivity index (χ1v) is 9.01. The van der Waals surface area contributed by atoms with Gasteiger partial charge in [-0.05, 0) is 23.6 Å². The number of nitrogens with two attached hydrogens (primary N) is 1. The molecule has 0 radical (unpaired) electrons. The van der Waals surface area contributed by atoms with Gasteiger partial charge in [0.1, 0.15) is 11.9 Å². The summed E-state index contributed by atoms with van der Waals surface area (Å²) in [4.78, 5) is 3.88. The van der Waals surface area contributed by atoms with Gasteiger partial charge < -0.3 is 10.3 Å². The Kier molecular flexibility index (Phi) is 5.18. The summed E-state index contributed by atoms with van der Waals surface area (Å²) in [6, 6.07) is 1.98. The third kappa shape index (κ3) is 4.00. The van der Waals surface area contributed by atoms with Gasteiger partial charge in [-0.2, -0.15) is 13.2 Å². The highest BCUT2D eigenvalue weighted by atomic mass is 35.5. The maximum atomic E-state index is 14.9. The van der Waals surface area contributed by atoms with E-state index in [-0.39, 0.29) is 27.0 Å². The van der Waals surface area contributed by atoms with Crippen molar-refractivity contribution in [3.8, 4) is 11.1 Å². The van der Waals surface area contributed by atoms with Crippen LogP contribution in [0.25, 0.3) is 22.0 Å². The Hall–Kier alpha value is -2.12. The van der Waals surface area contributed by atoms with Crippen molar-refractivity contribution in [3.63, 3.8) is 0 Å². The highest BCUT2D eigenvalue weighted by molar-refractivity contribution is 6.33. The maximum Gasteiger partial charge on any atom is 0.407 e. The number of aromatic nitrogens is 2. The number of nitrogens with zero attached hydrogens (tertiary/aromatic N) is 2. The molecule has 3 nitrogen and oxygen atoms in total. The molecule has 150 valence electrons. The van der Waals surface area contributed by atoms with Gasteiger partial charge in [0, 0.05) is 52.7 Å². The Balaban J connectivity index is 2.29. The Morgan fingerprint density at radius 2 is 1.86 bits per heavy atom. The normalized spacial score (nSPS) is 13.9. The molecule has 0 aliphatic carbocycles. The third-order valence-corrected chi connectivity index (χ3v) is 4.70. The van der Waals surface area contributed by atoms with Gasteiger partial charge in [-0.1, -0.05) is 32.4 Å². The summed E-state index contributed by atoms with van der Waals surface area (Å²) >= 11 is 6.14. The Bertz CT molecular complexity index is 1020. The van der Waals surface area contributed by atoms with Crippen molar-refractivity contribution in [3.05, 3.63) is 53.2 Å². The van der Waals surface area contributed by atoms with Crippen LogP contribution < -0.4 is 5.73 Å². The first-order valence-electron chi connectivity index (χ1n) is 8.63. The Morgan fingerprint density at radius 3 is 2.43 bits per heavy atom. The standard InChI is InChI=1S/C20H20ClF4N3/c1-19(2,3)10-28-9-14(18(26)20(23,24)25)13-6-16(22)12(7-17(13)28)11-4-5-27-8-15(11)21/h4-9,18H,10,26H2,1-3H3/t18-/m0/s1. The molecule has 0 saturated heterocycles. The van der Waals surface area contributed by atoms with Crippen molar-refractivity contribution in [1.82, 2.24) is 9.55 Å². The quantitative estimate of drug-likeness (QED) is 0.527. The second-order valence-electron chi connectivity index (χ2n) is 8.00. The fourth-order valence-electron chi connectivity index (χ4n) is 3.20. The molecule has 0 aliphatic heterocycles. The van der Waals surface area contributed by atoms with Gasteiger partial charge in [-0.25, -0.2) is 4.39 Å². The molecule has 2 N–H and O–H groups in total. The lowest BCUT2D eigenvalue weighted by Gasteiger charge is -2.20. The summed E-state index contributed by atoms with van der Waals surface area (Å²) < 4.78 is 56.3. The SMILES string of the molecule is CC(C)(C)Cn1cc([C@H](N)C(F)(F)F)c2cc(F)c(-c3ccncc3Cl)cc21. The van der Waals surface area contributed by atoms with Crippen LogP contribution in [0.2, 0.25) is 5.02 Å². The minimum absolute atomic E-state index is 0.139. The molecule has 0 bridgehead atoms. The summed E-state index contributed by atoms with van der Waals surface area (Å²) in [6.07, 6.45) is -0.403. The van der Waals surface area contributed by atoms with Crippen LogP contribution in [-0.4, -0.2) is 15.7 Å². The Morgan fingerprint density at radius 1 is 1.18 bits per heavy atom. The van der Waals surface area contributed by atoms with Crippen molar-refractivity contribution < 1.29 is 17.6 Å². The van der Waals surface area contributed by atoms with Gasteiger partial charge in [0.05, 0.1) is 5.02 Å². The number of rotatable bonds is 3. The van der Waals surface area contributed by atoms with E-state index < -0.39 is 18.0 Å². The molecule has 0 spiro atoms. The first kappa shape index (κ1) is 20.6. The molecule has 2 aromatic heterocycles. The van der Waals surface area contributed by atoms with Gasteiger partial charge in [0.15, 0.2) is 0 Å². The molecule has 2 heterocycles. The highest BCUT2D eigenvalue weighted by Gasteiger charge is 2.39. The maximum absolute atomic E-state index is 14.9. The number of alkyl halides is 3. The minimum atomic E-state index is -4.63. The smallest absolute Gasteiger partial charge is 0.347 e. The summed E-state index contributed by atoms with van der Waals surface area (Å²) in [6.45, 7) is 6.33. The molecular weight excluding hydrogens is 394 g/mol. The molecule has 28 heavy (non-hydrogen) atoms. The van der Waals surface area contributed by atoms with E-state index in [9.17, 15) is 17.6 Å². The molecule has 0 unspecified atom stereocenters. The van der Waals surface area contributed by atoms with Crippen LogP contribution >= 0.6 is 11.6 Å². The van der Waals surface area contributed by atoms with Crippen LogP contribution in [0.3, 0.4) is 0 Å². The lowest BCUT2D eigenvalue weighted by molar-refractivity contribution is -0.148. The predicted octanol–water partition coefficient (Wildman–Crippen LogP) is 6.10. The molecule has 8 heteroatoms. The topological polar surface area (TPSA) is 43.8 Å². The van der Waals surface area contributed by atoms with Crippen molar-refractivity contribution in [1.29, 1.82) is 0 Å². The number of hydrogen-bond acceptors (Lipinski definition) is 2. The first-order chi connectivity index (χ1) is 12.9. The zero-order chi connectivity index (χ0) is 20.9. The number of fused-ring (bicyclic) bond motifs is 1. The molecule has 0 fully saturated rings. The van der Waals surface area contributed by atoms with Crippen LogP contribution in [0, 0.1) is 11.2 Å². The van der Waals surface area contributed by atoms with E-state index in [1.807, 2.05) is 20.8 Å². The lowest BCUT2D eigenvalue weighted by atomic mass is 9.96. The predicted molar refractivity (Wildman–Crippen MR) is 103 cm³/mol. The van der Waals surface area contributed by atoms with E-state index in [1.54, 1.807) is 10.6 Å². The fourth-order valence-corrected chi connectivity index (χ4v) is 3.42. The number of benzene rings is 1. The molecule has 0 amide bonds. The van der Waals surface area contributed by atoms with Crippen molar-refractivity contribution in [2.45, 2.75) is 39.5 Å². The Labute approximate surface area is 165 Å². The van der Waals surface area contributed by atoms with E-state index in [1.165, 1.54) is 24.7 Å². The molecule has 1 aromatic carbocycles. The van der Waals surface area contributed by atoms with E-state index >= 15 is 0 Å². The zero-order valence-electron chi connectivity index (χ0n) is 15.6. The third-order valence-electron chi connectivity index (χ3n) is 4.40. The molecule has 3 rings (SSSR count). The van der Waals surface area contributed by atoms with Gasteiger partial charge in [0.25, 0.3) is 0 Å². The average Bonchev–Trinajstić information content (AvgIpc) is 2.88. The molecule has 3 aromatic rings. The number of pyridine rings is 1. The van der Waals surface area contributed by atoms with Crippen LogP contribution in [0.5, 0.6) is 0 Å². The fraction of sp³-hybridized carbons (Fsp3) is 0.350. The van der Waals surface area contributed by atoms with Gasteiger partial charge in [0.2, 0.25) is 0 Å². The highest BCUT2D eigenvalue weighted by Crippen LogP contribution is 2.39. The summed E-state index contributed by atoms with van der Waals surface area (Å²) in [5.41, 5.74) is 6.16. The minimum Gasteiger partial charge on any atom is -0.347 e. The monoisotopic (exact) mass is 413 g/mol. The van der Waals surface area contributed by atoms with Crippen molar-refractivity contribution in [2.75, 3.05) is 0 Å². The van der Waals surface area contributed by atoms with Crippen molar-refractivity contribution >= 4 is 22.5 Å². The molecular formula is C20H20ClF4N3. The summed E-state index contributed by atoms with van der Waals surface area (Å²) in [5, 5.41) is 0.391. The van der Waals surface area contributed by atoms with Crippen LogP contribution in [0.4, 0.5) is 17.6 Å². The second kappa shape index (κ2) is 7.04. The second-order valence-corrected chi connectivity index (χ2v) is 8.40. The molecule has 0 saturated carbocycles. The van der Waals surface area contributed by atoms with Crippen LogP contribution in [0.1, 0.15) is 32.4 Å². The lowest BCUT2D eigenvalue weighted by Crippen LogP contribution is -2.28. The van der Waals surface area contributed by atoms with Crippen molar-refractivity contribution in [2.24, 2.45) is 11.1 Å². The van der Waals surface area contributed by atoms with Crippen LogP contribution in [0.15, 0.2) is 36.8 Å². The number of halogens is 5. The van der Waals surface area contributed by atoms with E-state index in [0.29, 0.717) is 17.6 Å². The van der Waals surface area contributed by atoms with E-state index in [2.05, 4.69) is 4.98 Å². The van der Waals surface area contributed by atoms with Crippen LogP contribution in [-0.2, 0) is 6.54 Å². The van der Waals surface area contributed by atoms with Gasteiger partial charge in [-0.15, -0.1) is 0 Å². The zero-order valence-corrected chi connectivity index (χ0v) is 16.4. The van der Waals surface area contributed by atoms with Gasteiger partial charge in [-0.3, -0.25) is 4.98 Å². The van der Waals surface area contributed by atoms with E-state index in [4.69, 9.17) is 17.3 Å². The average molecular weight is 414 g/mol. The molecule has 1 atom stereocenters. The van der Waals surface area contributed by atoms with E-state index in [0.717, 1.165) is 6.07 Å². The largest absolute Gasteiger partial charge is 0.407 e. The number of hydrogen-bond donors (Lipinski definition) is 1. The molecule has 0 aliphatic rings. The summed E-state index contributed by atoms with van der Waals surface area (Å²) in [7, 11) is 0.